The zero-order valence-electron chi connectivity index (χ0n) is 9.43. The van der Waals surface area contributed by atoms with Gasteiger partial charge in [0, 0.05) is 0 Å². The summed E-state index contributed by atoms with van der Waals surface area (Å²) in [5, 5.41) is 10.1. The quantitative estimate of drug-likeness (QED) is 0.787. The number of aliphatic hydroxyl groups is 1. The molecule has 0 aromatic heterocycles. The molecule has 1 aromatic carbocycles. The molecule has 1 aliphatic rings. The van der Waals surface area contributed by atoms with Gasteiger partial charge in [0.2, 0.25) is 0 Å². The monoisotopic (exact) mass is 218 g/mol. The summed E-state index contributed by atoms with van der Waals surface area (Å²) in [5.74, 6) is 0. The summed E-state index contributed by atoms with van der Waals surface area (Å²) in [5.41, 5.74) is 2.45. The lowest BCUT2D eigenvalue weighted by Crippen LogP contribution is -2.26. The van der Waals surface area contributed by atoms with E-state index in [0.29, 0.717) is 13.0 Å². The second-order valence-corrected chi connectivity index (χ2v) is 4.17. The van der Waals surface area contributed by atoms with E-state index in [1.807, 2.05) is 18.2 Å². The molecule has 2 unspecified atom stereocenters. The first kappa shape index (κ1) is 11.4. The standard InChI is InChI=1S/C14H18O2/c1-2-3-8-13(15)14-12-7-5-4-6-11(12)9-10-16-14/h2,4-7,13-15H,1,3,8-10H2. The second kappa shape index (κ2) is 5.28. The maximum atomic E-state index is 10.1. The minimum atomic E-state index is -0.431. The van der Waals surface area contributed by atoms with Gasteiger partial charge in [0.1, 0.15) is 6.10 Å². The third-order valence-electron chi connectivity index (χ3n) is 3.05. The van der Waals surface area contributed by atoms with Gasteiger partial charge in [0.05, 0.1) is 12.7 Å². The Hall–Kier alpha value is -1.12. The predicted octanol–water partition coefficient (Wildman–Crippen LogP) is 2.63. The Morgan fingerprint density at radius 2 is 2.31 bits per heavy atom. The zero-order valence-corrected chi connectivity index (χ0v) is 9.43. The molecule has 86 valence electrons. The molecule has 0 saturated carbocycles. The summed E-state index contributed by atoms with van der Waals surface area (Å²) >= 11 is 0. The van der Waals surface area contributed by atoms with Crippen LogP contribution in [0.5, 0.6) is 0 Å². The highest BCUT2D eigenvalue weighted by atomic mass is 16.5. The van der Waals surface area contributed by atoms with E-state index in [1.165, 1.54) is 5.56 Å². The van der Waals surface area contributed by atoms with Crippen LogP contribution in [0.2, 0.25) is 0 Å². The fourth-order valence-corrected chi connectivity index (χ4v) is 2.18. The topological polar surface area (TPSA) is 29.5 Å². The Labute approximate surface area is 96.6 Å². The van der Waals surface area contributed by atoms with Crippen molar-refractivity contribution in [3.8, 4) is 0 Å². The van der Waals surface area contributed by atoms with Gasteiger partial charge in [-0.25, -0.2) is 0 Å². The number of fused-ring (bicyclic) bond motifs is 1. The summed E-state index contributed by atoms with van der Waals surface area (Å²) in [6.45, 7) is 4.37. The van der Waals surface area contributed by atoms with Crippen molar-refractivity contribution < 1.29 is 9.84 Å². The van der Waals surface area contributed by atoms with Gasteiger partial charge in [-0.1, -0.05) is 30.3 Å². The highest BCUT2D eigenvalue weighted by molar-refractivity contribution is 5.31. The van der Waals surface area contributed by atoms with Crippen LogP contribution in [0.3, 0.4) is 0 Å². The van der Waals surface area contributed by atoms with Crippen LogP contribution in [0.25, 0.3) is 0 Å². The molecule has 0 bridgehead atoms. The van der Waals surface area contributed by atoms with Crippen LogP contribution >= 0.6 is 0 Å². The van der Waals surface area contributed by atoms with Crippen molar-refractivity contribution in [1.29, 1.82) is 0 Å². The van der Waals surface area contributed by atoms with E-state index < -0.39 is 6.10 Å². The Kier molecular flexibility index (Phi) is 3.75. The van der Waals surface area contributed by atoms with Gasteiger partial charge in [-0.15, -0.1) is 6.58 Å². The minimum Gasteiger partial charge on any atom is -0.390 e. The van der Waals surface area contributed by atoms with Crippen LogP contribution in [0.4, 0.5) is 0 Å². The van der Waals surface area contributed by atoms with Gasteiger partial charge in [-0.3, -0.25) is 0 Å². The number of rotatable bonds is 4. The molecule has 0 amide bonds. The summed E-state index contributed by atoms with van der Waals surface area (Å²) < 4.78 is 5.68. The summed E-state index contributed by atoms with van der Waals surface area (Å²) in [6.07, 6.45) is 3.72. The van der Waals surface area contributed by atoms with Crippen molar-refractivity contribution in [2.45, 2.75) is 31.5 Å². The largest absolute Gasteiger partial charge is 0.390 e. The molecule has 0 radical (unpaired) electrons. The smallest absolute Gasteiger partial charge is 0.109 e. The van der Waals surface area contributed by atoms with Crippen molar-refractivity contribution in [2.75, 3.05) is 6.61 Å². The van der Waals surface area contributed by atoms with E-state index in [4.69, 9.17) is 4.74 Å². The molecule has 2 nitrogen and oxygen atoms in total. The van der Waals surface area contributed by atoms with Gasteiger partial charge in [0.15, 0.2) is 0 Å². The fourth-order valence-electron chi connectivity index (χ4n) is 2.18. The Morgan fingerprint density at radius 3 is 3.12 bits per heavy atom. The van der Waals surface area contributed by atoms with E-state index in [0.717, 1.165) is 18.4 Å². The van der Waals surface area contributed by atoms with Crippen LogP contribution < -0.4 is 0 Å². The van der Waals surface area contributed by atoms with Gasteiger partial charge in [0.25, 0.3) is 0 Å². The number of hydrogen-bond acceptors (Lipinski definition) is 2. The number of aliphatic hydroxyl groups excluding tert-OH is 1. The minimum absolute atomic E-state index is 0.162. The summed E-state index contributed by atoms with van der Waals surface area (Å²) in [6, 6.07) is 8.21. The first-order valence-corrected chi connectivity index (χ1v) is 5.81. The van der Waals surface area contributed by atoms with Crippen molar-refractivity contribution >= 4 is 0 Å². The van der Waals surface area contributed by atoms with E-state index >= 15 is 0 Å². The van der Waals surface area contributed by atoms with Crippen LogP contribution in [0.1, 0.15) is 30.1 Å². The van der Waals surface area contributed by atoms with Crippen LogP contribution in [0, 0.1) is 0 Å². The van der Waals surface area contributed by atoms with Gasteiger partial charge in [-0.2, -0.15) is 0 Å². The number of ether oxygens (including phenoxy) is 1. The molecule has 1 aliphatic heterocycles. The van der Waals surface area contributed by atoms with Gasteiger partial charge in [-0.05, 0) is 30.4 Å². The Balaban J connectivity index is 2.14. The lowest BCUT2D eigenvalue weighted by molar-refractivity contribution is -0.0491. The lowest BCUT2D eigenvalue weighted by atomic mass is 9.93. The molecule has 1 heterocycles. The molecule has 2 rings (SSSR count). The normalized spacial score (nSPS) is 21.2. The van der Waals surface area contributed by atoms with Crippen molar-refractivity contribution in [1.82, 2.24) is 0 Å². The lowest BCUT2D eigenvalue weighted by Gasteiger charge is -2.29. The highest BCUT2D eigenvalue weighted by Gasteiger charge is 2.26. The molecular formula is C14H18O2. The predicted molar refractivity (Wildman–Crippen MR) is 64.3 cm³/mol. The van der Waals surface area contributed by atoms with Crippen LogP contribution in [-0.2, 0) is 11.2 Å². The summed E-state index contributed by atoms with van der Waals surface area (Å²) in [4.78, 5) is 0. The first-order chi connectivity index (χ1) is 7.83. The molecule has 2 heteroatoms. The van der Waals surface area contributed by atoms with Crippen molar-refractivity contribution in [2.24, 2.45) is 0 Å². The molecule has 2 atom stereocenters. The maximum absolute atomic E-state index is 10.1. The van der Waals surface area contributed by atoms with E-state index in [2.05, 4.69) is 18.7 Å². The molecular weight excluding hydrogens is 200 g/mol. The van der Waals surface area contributed by atoms with E-state index in [9.17, 15) is 5.11 Å². The van der Waals surface area contributed by atoms with Crippen LogP contribution in [0.15, 0.2) is 36.9 Å². The number of hydrogen-bond donors (Lipinski definition) is 1. The Morgan fingerprint density at radius 1 is 1.50 bits per heavy atom. The average Bonchev–Trinajstić information content (AvgIpc) is 2.35. The molecule has 1 N–H and O–H groups in total. The SMILES string of the molecule is C=CCCC(O)C1OCCc2ccccc21. The van der Waals surface area contributed by atoms with Crippen LogP contribution in [-0.4, -0.2) is 17.8 Å². The molecule has 16 heavy (non-hydrogen) atoms. The average molecular weight is 218 g/mol. The number of benzene rings is 1. The van der Waals surface area contributed by atoms with E-state index in [1.54, 1.807) is 0 Å². The first-order valence-electron chi connectivity index (χ1n) is 5.81. The second-order valence-electron chi connectivity index (χ2n) is 4.17. The third-order valence-corrected chi connectivity index (χ3v) is 3.05. The summed E-state index contributed by atoms with van der Waals surface area (Å²) in [7, 11) is 0. The van der Waals surface area contributed by atoms with Crippen molar-refractivity contribution in [3.05, 3.63) is 48.0 Å². The fraction of sp³-hybridized carbons (Fsp3) is 0.429. The molecule has 0 spiro atoms. The molecule has 0 aliphatic carbocycles. The van der Waals surface area contributed by atoms with Crippen molar-refractivity contribution in [3.63, 3.8) is 0 Å². The van der Waals surface area contributed by atoms with E-state index in [-0.39, 0.29) is 6.10 Å². The maximum Gasteiger partial charge on any atom is 0.109 e. The molecule has 0 saturated heterocycles. The van der Waals surface area contributed by atoms with Gasteiger partial charge < -0.3 is 9.84 Å². The Bertz CT molecular complexity index is 360. The highest BCUT2D eigenvalue weighted by Crippen LogP contribution is 2.31. The third kappa shape index (κ3) is 2.34. The number of allylic oxidation sites excluding steroid dienone is 1. The zero-order chi connectivity index (χ0) is 11.4. The molecule has 1 aromatic rings. The molecule has 0 fully saturated rings. The van der Waals surface area contributed by atoms with Gasteiger partial charge >= 0.3 is 0 Å².